The van der Waals surface area contributed by atoms with E-state index in [2.05, 4.69) is 5.32 Å². The molecular formula is C9H16NO2. The van der Waals surface area contributed by atoms with E-state index >= 15 is 0 Å². The second-order valence-electron chi connectivity index (χ2n) is 2.79. The molecule has 0 aliphatic carbocycles. The van der Waals surface area contributed by atoms with Crippen molar-refractivity contribution in [2.75, 3.05) is 6.54 Å². The second kappa shape index (κ2) is 8.24. The van der Waals surface area contributed by atoms with Gasteiger partial charge in [0.25, 0.3) is 0 Å². The highest BCUT2D eigenvalue weighted by Crippen LogP contribution is 2.00. The standard InChI is InChI=1S/C9H16NO2/c1-9(12)10-7-5-3-2-4-6-8-11/h2-7H2,1H3,(H,10,12). The number of amides is 1. The topological polar surface area (TPSA) is 46.2 Å². The second-order valence-corrected chi connectivity index (χ2v) is 2.79. The molecule has 1 radical (unpaired) electrons. The maximum Gasteiger partial charge on any atom is 0.216 e. The van der Waals surface area contributed by atoms with Gasteiger partial charge < -0.3 is 5.32 Å². The molecular weight excluding hydrogens is 154 g/mol. The normalized spacial score (nSPS) is 9.42. The smallest absolute Gasteiger partial charge is 0.216 e. The molecule has 0 unspecified atom stereocenters. The summed E-state index contributed by atoms with van der Waals surface area (Å²) in [7, 11) is 0. The van der Waals surface area contributed by atoms with Gasteiger partial charge in [0.2, 0.25) is 5.91 Å². The summed E-state index contributed by atoms with van der Waals surface area (Å²) < 4.78 is 0. The third kappa shape index (κ3) is 9.14. The Bertz CT molecular complexity index is 134. The highest BCUT2D eigenvalue weighted by molar-refractivity contribution is 5.72. The third-order valence-electron chi connectivity index (χ3n) is 1.58. The van der Waals surface area contributed by atoms with Crippen LogP contribution in [-0.4, -0.2) is 18.7 Å². The number of nitrogens with one attached hydrogen (secondary N) is 1. The molecule has 0 saturated heterocycles. The average molecular weight is 170 g/mol. The van der Waals surface area contributed by atoms with Gasteiger partial charge in [0.15, 0.2) is 6.29 Å². The summed E-state index contributed by atoms with van der Waals surface area (Å²) in [4.78, 5) is 20.2. The Labute approximate surface area is 73.5 Å². The maximum atomic E-state index is 10.4. The molecule has 0 fully saturated rings. The van der Waals surface area contributed by atoms with Crippen molar-refractivity contribution in [3.05, 3.63) is 0 Å². The van der Waals surface area contributed by atoms with E-state index in [-0.39, 0.29) is 5.91 Å². The van der Waals surface area contributed by atoms with Crippen LogP contribution in [0, 0.1) is 0 Å². The Morgan fingerprint density at radius 1 is 1.25 bits per heavy atom. The van der Waals surface area contributed by atoms with Crippen LogP contribution in [0.15, 0.2) is 0 Å². The van der Waals surface area contributed by atoms with Crippen LogP contribution in [0.25, 0.3) is 0 Å². The highest BCUT2D eigenvalue weighted by atomic mass is 16.1. The zero-order chi connectivity index (χ0) is 9.23. The first-order valence-electron chi connectivity index (χ1n) is 4.37. The van der Waals surface area contributed by atoms with Gasteiger partial charge in [0, 0.05) is 19.9 Å². The third-order valence-corrected chi connectivity index (χ3v) is 1.58. The summed E-state index contributed by atoms with van der Waals surface area (Å²) in [6.07, 6.45) is 6.44. The predicted molar refractivity (Wildman–Crippen MR) is 47.5 cm³/mol. The van der Waals surface area contributed by atoms with Gasteiger partial charge in [0.05, 0.1) is 0 Å². The largest absolute Gasteiger partial charge is 0.356 e. The van der Waals surface area contributed by atoms with Crippen molar-refractivity contribution >= 4 is 12.2 Å². The lowest BCUT2D eigenvalue weighted by Gasteiger charge is -2.00. The minimum Gasteiger partial charge on any atom is -0.356 e. The Morgan fingerprint density at radius 2 is 1.92 bits per heavy atom. The fraction of sp³-hybridized carbons (Fsp3) is 0.778. The number of carbonyl (C=O) groups is 1. The van der Waals surface area contributed by atoms with E-state index in [0.717, 1.165) is 32.2 Å². The molecule has 0 aliphatic heterocycles. The minimum atomic E-state index is 0.0243. The molecule has 0 saturated carbocycles. The SMILES string of the molecule is CC(=O)NCCCCCC[C]=O. The summed E-state index contributed by atoms with van der Waals surface area (Å²) in [6.45, 7) is 2.27. The molecule has 0 aromatic heterocycles. The van der Waals surface area contributed by atoms with Crippen molar-refractivity contribution in [3.8, 4) is 0 Å². The number of carbonyl (C=O) groups excluding carboxylic acids is 2. The molecule has 0 rings (SSSR count). The van der Waals surface area contributed by atoms with E-state index in [1.165, 1.54) is 6.92 Å². The Balaban J connectivity index is 2.90. The lowest BCUT2D eigenvalue weighted by molar-refractivity contribution is -0.118. The van der Waals surface area contributed by atoms with Crippen molar-refractivity contribution in [2.24, 2.45) is 0 Å². The molecule has 0 atom stereocenters. The first kappa shape index (κ1) is 11.1. The molecule has 0 aromatic carbocycles. The molecule has 1 N–H and O–H groups in total. The van der Waals surface area contributed by atoms with Crippen LogP contribution in [0.1, 0.15) is 39.0 Å². The zero-order valence-electron chi connectivity index (χ0n) is 7.56. The van der Waals surface area contributed by atoms with Gasteiger partial charge in [0.1, 0.15) is 0 Å². The summed E-state index contributed by atoms with van der Waals surface area (Å²) in [5.41, 5.74) is 0. The van der Waals surface area contributed by atoms with Crippen LogP contribution >= 0.6 is 0 Å². The van der Waals surface area contributed by atoms with Gasteiger partial charge in [-0.1, -0.05) is 12.8 Å². The van der Waals surface area contributed by atoms with Crippen molar-refractivity contribution < 1.29 is 9.59 Å². The summed E-state index contributed by atoms with van der Waals surface area (Å²) in [5.74, 6) is 0.0243. The number of hydrogen-bond acceptors (Lipinski definition) is 2. The van der Waals surface area contributed by atoms with Gasteiger partial charge in [-0.25, -0.2) is 0 Å². The number of rotatable bonds is 7. The van der Waals surface area contributed by atoms with Gasteiger partial charge in [-0.05, 0) is 12.8 Å². The van der Waals surface area contributed by atoms with Crippen LogP contribution in [0.4, 0.5) is 0 Å². The van der Waals surface area contributed by atoms with Gasteiger partial charge in [-0.2, -0.15) is 0 Å². The molecule has 3 nitrogen and oxygen atoms in total. The van der Waals surface area contributed by atoms with E-state index in [0.29, 0.717) is 6.42 Å². The number of hydrogen-bond donors (Lipinski definition) is 1. The minimum absolute atomic E-state index is 0.0243. The first-order chi connectivity index (χ1) is 5.77. The molecule has 1 amide bonds. The van der Waals surface area contributed by atoms with Gasteiger partial charge in [-0.15, -0.1) is 0 Å². The van der Waals surface area contributed by atoms with E-state index < -0.39 is 0 Å². The van der Waals surface area contributed by atoms with Crippen LogP contribution < -0.4 is 5.32 Å². The van der Waals surface area contributed by atoms with Crippen LogP contribution in [0.2, 0.25) is 0 Å². The Morgan fingerprint density at radius 3 is 2.50 bits per heavy atom. The molecule has 0 spiro atoms. The Kier molecular flexibility index (Phi) is 7.65. The van der Waals surface area contributed by atoms with E-state index in [4.69, 9.17) is 0 Å². The molecule has 0 heterocycles. The fourth-order valence-electron chi connectivity index (χ4n) is 0.940. The molecule has 0 bridgehead atoms. The summed E-state index contributed by atoms with van der Waals surface area (Å²) >= 11 is 0. The average Bonchev–Trinajstić information content (AvgIpc) is 2.02. The van der Waals surface area contributed by atoms with Crippen molar-refractivity contribution in [3.63, 3.8) is 0 Å². The van der Waals surface area contributed by atoms with E-state index in [1.54, 1.807) is 0 Å². The predicted octanol–water partition coefficient (Wildman–Crippen LogP) is 1.18. The molecule has 0 aliphatic rings. The zero-order valence-corrected chi connectivity index (χ0v) is 7.56. The van der Waals surface area contributed by atoms with Gasteiger partial charge in [-0.3, -0.25) is 9.59 Å². The maximum absolute atomic E-state index is 10.4. The summed E-state index contributed by atoms with van der Waals surface area (Å²) in [6, 6.07) is 0. The van der Waals surface area contributed by atoms with Crippen molar-refractivity contribution in [1.29, 1.82) is 0 Å². The van der Waals surface area contributed by atoms with Crippen LogP contribution in [-0.2, 0) is 9.59 Å². The molecule has 0 aromatic rings. The molecule has 12 heavy (non-hydrogen) atoms. The molecule has 3 heteroatoms. The number of unbranched alkanes of at least 4 members (excludes halogenated alkanes) is 4. The lowest BCUT2D eigenvalue weighted by atomic mass is 10.1. The van der Waals surface area contributed by atoms with Crippen LogP contribution in [0.3, 0.4) is 0 Å². The summed E-state index contributed by atoms with van der Waals surface area (Å²) in [5, 5.41) is 2.72. The fourth-order valence-corrected chi connectivity index (χ4v) is 0.940. The van der Waals surface area contributed by atoms with Gasteiger partial charge >= 0.3 is 0 Å². The quantitative estimate of drug-likeness (QED) is 0.583. The van der Waals surface area contributed by atoms with Crippen LogP contribution in [0.5, 0.6) is 0 Å². The lowest BCUT2D eigenvalue weighted by Crippen LogP contribution is -2.20. The highest BCUT2D eigenvalue weighted by Gasteiger charge is 1.91. The first-order valence-corrected chi connectivity index (χ1v) is 4.37. The Hall–Kier alpha value is -0.860. The molecule has 69 valence electrons. The van der Waals surface area contributed by atoms with E-state index in [9.17, 15) is 9.59 Å². The van der Waals surface area contributed by atoms with Crippen molar-refractivity contribution in [1.82, 2.24) is 5.32 Å². The van der Waals surface area contributed by atoms with E-state index in [1.807, 2.05) is 6.29 Å². The van der Waals surface area contributed by atoms with Crippen molar-refractivity contribution in [2.45, 2.75) is 39.0 Å². The monoisotopic (exact) mass is 170 g/mol.